The Morgan fingerprint density at radius 2 is 2.57 bits per heavy atom. The minimum atomic E-state index is -0.162. The van der Waals surface area contributed by atoms with Crippen LogP contribution >= 0.6 is 15.9 Å². The Bertz CT molecular complexity index is 55.7. The molecule has 0 aliphatic carbocycles. The predicted octanol–water partition coefficient (Wildman–Crippen LogP) is 1.20. The molecule has 41 valence electrons. The van der Waals surface area contributed by atoms with Crippen molar-refractivity contribution in [1.29, 1.82) is 0 Å². The highest BCUT2D eigenvalue weighted by Crippen LogP contribution is 2.02. The first-order valence-corrected chi connectivity index (χ1v) is 2.89. The number of hydrogen-bond acceptors (Lipinski definition) is 2. The minimum absolute atomic E-state index is 0.162. The Labute approximate surface area is 51.0 Å². The monoisotopic (exact) mass is 165 g/mol. The second-order valence-electron chi connectivity index (χ2n) is 1.02. The normalized spacial score (nSPS) is 12.9. The summed E-state index contributed by atoms with van der Waals surface area (Å²) < 4.78 is 4.30. The summed E-state index contributed by atoms with van der Waals surface area (Å²) in [6, 6.07) is 0. The molecular formula is C4H6BrO2. The third-order valence-electron chi connectivity index (χ3n) is 0.497. The first-order chi connectivity index (χ1) is 3.31. The van der Waals surface area contributed by atoms with Gasteiger partial charge in [-0.15, -0.1) is 0 Å². The Hall–Kier alpha value is -0.0500. The average molecular weight is 166 g/mol. The Balaban J connectivity index is 2.98. The van der Waals surface area contributed by atoms with E-state index >= 15 is 0 Å². The van der Waals surface area contributed by atoms with E-state index in [0.29, 0.717) is 0 Å². The molecule has 0 saturated heterocycles. The topological polar surface area (TPSA) is 26.3 Å². The molecule has 2 nitrogen and oxygen atoms in total. The van der Waals surface area contributed by atoms with Gasteiger partial charge < -0.3 is 4.74 Å². The molecule has 0 aromatic heterocycles. The fourth-order valence-electron chi connectivity index (χ4n) is 0.136. The molecule has 0 aliphatic heterocycles. The predicted molar refractivity (Wildman–Crippen MR) is 29.8 cm³/mol. The Kier molecular flexibility index (Phi) is 4.09. The molecule has 0 saturated carbocycles. The van der Waals surface area contributed by atoms with E-state index in [-0.39, 0.29) is 5.01 Å². The molecule has 1 atom stereocenters. The van der Waals surface area contributed by atoms with Crippen LogP contribution in [0.3, 0.4) is 0 Å². The zero-order chi connectivity index (χ0) is 5.70. The van der Waals surface area contributed by atoms with E-state index in [4.69, 9.17) is 0 Å². The van der Waals surface area contributed by atoms with Crippen LogP contribution < -0.4 is 0 Å². The highest BCUT2D eigenvalue weighted by Gasteiger charge is 1.96. The first-order valence-electron chi connectivity index (χ1n) is 1.98. The van der Waals surface area contributed by atoms with Crippen molar-refractivity contribution in [2.75, 3.05) is 0 Å². The molecule has 1 unspecified atom stereocenters. The minimum Gasteiger partial charge on any atom is -0.442 e. The first kappa shape index (κ1) is 6.95. The fourth-order valence-corrected chi connectivity index (χ4v) is 0.212. The molecule has 0 amide bonds. The molecule has 0 aromatic carbocycles. The van der Waals surface area contributed by atoms with E-state index in [2.05, 4.69) is 20.7 Å². The summed E-state index contributed by atoms with van der Waals surface area (Å²) in [6.45, 7) is 3.22. The second kappa shape index (κ2) is 4.12. The summed E-state index contributed by atoms with van der Waals surface area (Å²) in [5.41, 5.74) is 0. The van der Waals surface area contributed by atoms with Gasteiger partial charge in [0, 0.05) is 0 Å². The zero-order valence-corrected chi connectivity index (χ0v) is 5.56. The van der Waals surface area contributed by atoms with Crippen LogP contribution in [0, 0.1) is 0 Å². The third-order valence-corrected chi connectivity index (χ3v) is 1.33. The van der Waals surface area contributed by atoms with E-state index in [1.54, 1.807) is 0 Å². The molecule has 7 heavy (non-hydrogen) atoms. The summed E-state index contributed by atoms with van der Waals surface area (Å²) in [5, 5.41) is -0.162. The molecule has 0 aromatic rings. The van der Waals surface area contributed by atoms with Crippen LogP contribution in [0.5, 0.6) is 0 Å². The molecule has 0 rings (SSSR count). The van der Waals surface area contributed by atoms with Gasteiger partial charge in [0.1, 0.15) is 0 Å². The van der Waals surface area contributed by atoms with Gasteiger partial charge in [0.2, 0.25) is 0 Å². The van der Waals surface area contributed by atoms with E-state index in [9.17, 15) is 4.79 Å². The van der Waals surface area contributed by atoms with Gasteiger partial charge in [-0.2, -0.15) is 0 Å². The van der Waals surface area contributed by atoms with Gasteiger partial charge in [0.15, 0.2) is 5.01 Å². The highest BCUT2D eigenvalue weighted by atomic mass is 79.9. The van der Waals surface area contributed by atoms with Gasteiger partial charge in [0.25, 0.3) is 0 Å². The van der Waals surface area contributed by atoms with Gasteiger partial charge in [-0.05, 0) is 22.4 Å². The van der Waals surface area contributed by atoms with Crippen LogP contribution in [0.2, 0.25) is 0 Å². The summed E-state index contributed by atoms with van der Waals surface area (Å²) in [6.07, 6.45) is 0.773. The average Bonchev–Trinajstić information content (AvgIpc) is 1.68. The van der Waals surface area contributed by atoms with Crippen LogP contribution in [0.15, 0.2) is 0 Å². The van der Waals surface area contributed by atoms with Gasteiger partial charge in [-0.25, -0.2) is 4.79 Å². The summed E-state index contributed by atoms with van der Waals surface area (Å²) in [7, 11) is 0. The molecule has 0 aliphatic rings. The molecular weight excluding hydrogens is 160 g/mol. The molecule has 3 heteroatoms. The maximum absolute atomic E-state index is 9.40. The SMILES string of the molecule is CCC(Br)O[C]=O. The van der Waals surface area contributed by atoms with E-state index in [1.807, 2.05) is 6.92 Å². The Morgan fingerprint density at radius 3 is 2.71 bits per heavy atom. The quantitative estimate of drug-likeness (QED) is 0.588. The van der Waals surface area contributed by atoms with Crippen LogP contribution in [0.4, 0.5) is 0 Å². The number of rotatable bonds is 3. The van der Waals surface area contributed by atoms with Crippen molar-refractivity contribution in [3.8, 4) is 0 Å². The molecule has 0 N–H and O–H groups in total. The number of alkyl halides is 1. The smallest absolute Gasteiger partial charge is 0.418 e. The van der Waals surface area contributed by atoms with Gasteiger partial charge in [-0.3, -0.25) is 0 Å². The van der Waals surface area contributed by atoms with Crippen LogP contribution in [-0.2, 0) is 9.53 Å². The second-order valence-corrected chi connectivity index (χ2v) is 2.04. The van der Waals surface area contributed by atoms with Crippen molar-refractivity contribution in [3.05, 3.63) is 0 Å². The van der Waals surface area contributed by atoms with Crippen LogP contribution in [-0.4, -0.2) is 11.5 Å². The van der Waals surface area contributed by atoms with Crippen molar-refractivity contribution < 1.29 is 9.53 Å². The number of carbonyl (C=O) groups excluding carboxylic acids is 1. The summed E-state index contributed by atoms with van der Waals surface area (Å²) in [5.74, 6) is 0. The lowest BCUT2D eigenvalue weighted by molar-refractivity contribution is 0.255. The lowest BCUT2D eigenvalue weighted by atomic mass is 10.5. The third kappa shape index (κ3) is 3.79. The Morgan fingerprint density at radius 1 is 2.00 bits per heavy atom. The van der Waals surface area contributed by atoms with Gasteiger partial charge in [-0.1, -0.05) is 6.92 Å². The van der Waals surface area contributed by atoms with E-state index < -0.39 is 0 Å². The summed E-state index contributed by atoms with van der Waals surface area (Å²) in [4.78, 5) is 9.40. The van der Waals surface area contributed by atoms with Gasteiger partial charge in [0.05, 0.1) is 0 Å². The molecule has 1 radical (unpaired) electrons. The number of halogens is 1. The fraction of sp³-hybridized carbons (Fsp3) is 0.750. The highest BCUT2D eigenvalue weighted by molar-refractivity contribution is 9.09. The molecule has 0 fully saturated rings. The molecule has 0 heterocycles. The lowest BCUT2D eigenvalue weighted by Crippen LogP contribution is -1.98. The van der Waals surface area contributed by atoms with Crippen molar-refractivity contribution >= 4 is 22.4 Å². The maximum atomic E-state index is 9.40. The van der Waals surface area contributed by atoms with Crippen molar-refractivity contribution in [1.82, 2.24) is 0 Å². The van der Waals surface area contributed by atoms with Crippen molar-refractivity contribution in [3.63, 3.8) is 0 Å². The van der Waals surface area contributed by atoms with Crippen LogP contribution in [0.1, 0.15) is 13.3 Å². The van der Waals surface area contributed by atoms with Crippen molar-refractivity contribution in [2.45, 2.75) is 18.4 Å². The number of hydrogen-bond donors (Lipinski definition) is 0. The van der Waals surface area contributed by atoms with Crippen LogP contribution in [0.25, 0.3) is 0 Å². The maximum Gasteiger partial charge on any atom is 0.418 e. The lowest BCUT2D eigenvalue weighted by Gasteiger charge is -1.98. The largest absolute Gasteiger partial charge is 0.442 e. The zero-order valence-electron chi connectivity index (χ0n) is 3.98. The summed E-state index contributed by atoms with van der Waals surface area (Å²) >= 11 is 3.05. The van der Waals surface area contributed by atoms with E-state index in [0.717, 1.165) is 6.42 Å². The molecule has 0 bridgehead atoms. The standard InChI is InChI=1S/C4H6BrO2/c1-2-4(5)7-3-6/h4H,2H2,1H3. The number of ether oxygens (including phenoxy) is 1. The van der Waals surface area contributed by atoms with Gasteiger partial charge >= 0.3 is 6.47 Å². The molecule has 0 spiro atoms. The van der Waals surface area contributed by atoms with Crippen molar-refractivity contribution in [2.24, 2.45) is 0 Å². The van der Waals surface area contributed by atoms with E-state index in [1.165, 1.54) is 6.47 Å².